The normalized spacial score (nSPS) is 12.2. The van der Waals surface area contributed by atoms with Gasteiger partial charge in [-0.15, -0.1) is 0 Å². The van der Waals surface area contributed by atoms with Gasteiger partial charge in [0, 0.05) is 14.1 Å². The Balaban J connectivity index is 1.93. The number of amides is 1. The Bertz CT molecular complexity index is 1150. The van der Waals surface area contributed by atoms with E-state index in [-0.39, 0.29) is 46.2 Å². The number of hydrogen-bond acceptors (Lipinski definition) is 7. The maximum absolute atomic E-state index is 12.2. The number of aromatic hydroxyl groups is 1. The molecule has 30 heavy (non-hydrogen) atoms. The van der Waals surface area contributed by atoms with Crippen molar-refractivity contribution in [3.05, 3.63) is 67.9 Å². The van der Waals surface area contributed by atoms with Crippen LogP contribution in [0.15, 0.2) is 44.3 Å². The van der Waals surface area contributed by atoms with Crippen molar-refractivity contribution in [2.75, 3.05) is 24.7 Å². The van der Waals surface area contributed by atoms with Crippen LogP contribution in [0.5, 0.6) is 5.75 Å². The largest absolute Gasteiger partial charge is 0.505 e. The maximum atomic E-state index is 12.2. The Morgan fingerprint density at radius 2 is 1.73 bits per heavy atom. The van der Waals surface area contributed by atoms with Gasteiger partial charge in [0.25, 0.3) is 16.8 Å². The fourth-order valence-corrected chi connectivity index (χ4v) is 3.18. The van der Waals surface area contributed by atoms with Crippen LogP contribution in [0.25, 0.3) is 0 Å². The van der Waals surface area contributed by atoms with Crippen molar-refractivity contribution < 1.29 is 14.3 Å². The molecule has 0 radical (unpaired) electrons. The quantitative estimate of drug-likeness (QED) is 0.404. The zero-order valence-corrected chi connectivity index (χ0v) is 17.6. The van der Waals surface area contributed by atoms with Gasteiger partial charge in [-0.1, -0.05) is 19.9 Å². The van der Waals surface area contributed by atoms with Crippen molar-refractivity contribution in [2.45, 2.75) is 26.8 Å². The van der Waals surface area contributed by atoms with E-state index in [9.17, 15) is 19.5 Å². The number of nitrogens with zero attached hydrogens (tertiary/aromatic N) is 1. The summed E-state index contributed by atoms with van der Waals surface area (Å²) in [6.45, 7) is 5.77. The Morgan fingerprint density at radius 1 is 1.07 bits per heavy atom. The van der Waals surface area contributed by atoms with Crippen molar-refractivity contribution >= 4 is 23.0 Å². The molecule has 0 aliphatic rings. The Labute approximate surface area is 173 Å². The van der Waals surface area contributed by atoms with Gasteiger partial charge >= 0.3 is 0 Å². The number of furan rings is 1. The predicted octanol–water partition coefficient (Wildman–Crippen LogP) is 3.14. The highest BCUT2D eigenvalue weighted by molar-refractivity contribution is 5.99. The average Bonchev–Trinajstić information content (AvgIpc) is 3.13. The lowest BCUT2D eigenvalue weighted by Gasteiger charge is -2.24. The number of anilines is 3. The fourth-order valence-electron chi connectivity index (χ4n) is 3.18. The molecule has 0 aliphatic heterocycles. The molecule has 0 fully saturated rings. The number of nitrogens with one attached hydrogen (secondary N) is 2. The number of phenols is 1. The summed E-state index contributed by atoms with van der Waals surface area (Å²) in [4.78, 5) is 38.0. The van der Waals surface area contributed by atoms with E-state index in [4.69, 9.17) is 4.42 Å². The van der Waals surface area contributed by atoms with Crippen LogP contribution in [-0.2, 0) is 0 Å². The third kappa shape index (κ3) is 3.80. The molecule has 158 valence electrons. The van der Waals surface area contributed by atoms with Gasteiger partial charge in [-0.05, 0) is 37.1 Å². The van der Waals surface area contributed by atoms with Crippen molar-refractivity contribution in [2.24, 2.45) is 5.92 Å². The summed E-state index contributed by atoms with van der Waals surface area (Å²) in [6, 6.07) is 7.93. The van der Waals surface area contributed by atoms with E-state index in [0.717, 1.165) is 5.76 Å². The van der Waals surface area contributed by atoms with Crippen LogP contribution in [0.3, 0.4) is 0 Å². The first-order chi connectivity index (χ1) is 14.1. The summed E-state index contributed by atoms with van der Waals surface area (Å²) in [5, 5.41) is 16.4. The number of carbonyl (C=O) groups excluding carboxylic acids is 1. The molecule has 0 saturated carbocycles. The molecule has 2 aromatic carbocycles. The van der Waals surface area contributed by atoms with Gasteiger partial charge < -0.3 is 25.1 Å². The van der Waals surface area contributed by atoms with Crippen LogP contribution in [0.1, 0.15) is 41.8 Å². The molecule has 8 heteroatoms. The Hall–Kier alpha value is -3.55. The number of para-hydroxylation sites is 1. The third-order valence-corrected chi connectivity index (χ3v) is 4.88. The summed E-state index contributed by atoms with van der Waals surface area (Å²) in [7, 11) is 3.14. The number of phenolic OH excluding ortho intramolecular Hbond substituents is 1. The molecule has 3 rings (SSSR count). The number of carbonyl (C=O) groups is 1. The number of hydrogen-bond donors (Lipinski definition) is 3. The molecule has 3 aromatic rings. The fraction of sp³-hybridized carbons (Fsp3) is 0.318. The third-order valence-electron chi connectivity index (χ3n) is 4.88. The van der Waals surface area contributed by atoms with E-state index in [1.807, 2.05) is 32.9 Å². The van der Waals surface area contributed by atoms with Gasteiger partial charge in [0.2, 0.25) is 0 Å². The molecule has 1 aromatic heterocycles. The van der Waals surface area contributed by atoms with E-state index < -0.39 is 10.9 Å². The maximum Gasteiger partial charge on any atom is 0.257 e. The standard InChI is InChI=1S/C22H25N3O5/c1-11(2)16(15-10-9-12(3)30-15)24-18-17(20(27)21(18)28)23-14-8-6-7-13(19(14)26)22(29)25(4)5/h6-11,16,23-24,26H,1-5H3/t16-/m1/s1. The van der Waals surface area contributed by atoms with Crippen molar-refractivity contribution in [3.63, 3.8) is 0 Å². The molecule has 8 nitrogen and oxygen atoms in total. The van der Waals surface area contributed by atoms with E-state index >= 15 is 0 Å². The summed E-state index contributed by atoms with van der Waals surface area (Å²) in [6.07, 6.45) is 0. The second-order valence-electron chi connectivity index (χ2n) is 7.75. The lowest BCUT2D eigenvalue weighted by Crippen LogP contribution is -2.38. The van der Waals surface area contributed by atoms with E-state index in [1.165, 1.54) is 17.0 Å². The first kappa shape index (κ1) is 21.2. The predicted molar refractivity (Wildman–Crippen MR) is 115 cm³/mol. The van der Waals surface area contributed by atoms with Gasteiger partial charge in [-0.25, -0.2) is 0 Å². The molecule has 0 bridgehead atoms. The summed E-state index contributed by atoms with van der Waals surface area (Å²) in [5.74, 6) is 0.795. The van der Waals surface area contributed by atoms with Crippen molar-refractivity contribution in [3.8, 4) is 5.75 Å². The Morgan fingerprint density at radius 3 is 2.30 bits per heavy atom. The number of aryl methyl sites for hydroxylation is 1. The van der Waals surface area contributed by atoms with Gasteiger partial charge in [0.05, 0.1) is 17.3 Å². The zero-order valence-electron chi connectivity index (χ0n) is 17.6. The van der Waals surface area contributed by atoms with Gasteiger partial charge in [-0.3, -0.25) is 14.4 Å². The lowest BCUT2D eigenvalue weighted by atomic mass is 10.0. The molecule has 1 atom stereocenters. The SMILES string of the molecule is Cc1ccc([C@H](Nc2c(Nc3cccc(C(=O)N(C)C)c3O)c(=O)c2=O)C(C)C)o1. The van der Waals surface area contributed by atoms with E-state index in [2.05, 4.69) is 10.6 Å². The second-order valence-corrected chi connectivity index (χ2v) is 7.75. The average molecular weight is 411 g/mol. The zero-order chi connectivity index (χ0) is 22.2. The highest BCUT2D eigenvalue weighted by Crippen LogP contribution is 2.34. The summed E-state index contributed by atoms with van der Waals surface area (Å²) in [5.41, 5.74) is -0.932. The highest BCUT2D eigenvalue weighted by atomic mass is 16.3. The molecular weight excluding hydrogens is 386 g/mol. The number of rotatable bonds is 7. The molecule has 1 amide bonds. The van der Waals surface area contributed by atoms with Crippen LogP contribution in [-0.4, -0.2) is 30.0 Å². The Kier molecular flexibility index (Phi) is 5.69. The van der Waals surface area contributed by atoms with Crippen LogP contribution in [0.2, 0.25) is 0 Å². The first-order valence-corrected chi connectivity index (χ1v) is 9.58. The molecule has 3 N–H and O–H groups in total. The monoisotopic (exact) mass is 411 g/mol. The van der Waals surface area contributed by atoms with E-state index in [1.54, 1.807) is 20.2 Å². The summed E-state index contributed by atoms with van der Waals surface area (Å²) >= 11 is 0. The minimum Gasteiger partial charge on any atom is -0.505 e. The van der Waals surface area contributed by atoms with Crippen LogP contribution < -0.4 is 21.5 Å². The molecule has 0 aliphatic carbocycles. The topological polar surface area (TPSA) is 112 Å². The van der Waals surface area contributed by atoms with E-state index in [0.29, 0.717) is 5.76 Å². The van der Waals surface area contributed by atoms with Crippen LogP contribution in [0.4, 0.5) is 17.1 Å². The minimum absolute atomic E-state index is 0.0404. The smallest absolute Gasteiger partial charge is 0.257 e. The molecule has 1 heterocycles. The minimum atomic E-state index is -0.695. The van der Waals surface area contributed by atoms with Crippen molar-refractivity contribution in [1.29, 1.82) is 0 Å². The van der Waals surface area contributed by atoms with Gasteiger partial charge in [0.15, 0.2) is 5.75 Å². The van der Waals surface area contributed by atoms with Crippen molar-refractivity contribution in [1.82, 2.24) is 4.90 Å². The lowest BCUT2D eigenvalue weighted by molar-refractivity contribution is 0.0824. The molecular formula is C22H25N3O5. The summed E-state index contributed by atoms with van der Waals surface area (Å²) < 4.78 is 5.69. The second kappa shape index (κ2) is 8.06. The first-order valence-electron chi connectivity index (χ1n) is 9.58. The van der Waals surface area contributed by atoms with Gasteiger partial charge in [-0.2, -0.15) is 0 Å². The molecule has 0 spiro atoms. The van der Waals surface area contributed by atoms with Crippen LogP contribution >= 0.6 is 0 Å². The molecule has 0 unspecified atom stereocenters. The number of benzene rings is 1. The highest BCUT2D eigenvalue weighted by Gasteiger charge is 2.28. The van der Waals surface area contributed by atoms with Crippen LogP contribution in [0, 0.1) is 12.8 Å². The van der Waals surface area contributed by atoms with Gasteiger partial charge in [0.1, 0.15) is 22.9 Å². The molecule has 0 saturated heterocycles.